The number of nitrogens with zero attached hydrogens (tertiary/aromatic N) is 3. The SMILES string of the molecule is O=C(Nc1ccc(N(c2ccncn2)c2cccc3c2oc2ccccc23)cc1)c1ccccc1. The number of benzene rings is 4. The van der Waals surface area contributed by atoms with Crippen molar-refractivity contribution in [1.29, 1.82) is 0 Å². The van der Waals surface area contributed by atoms with Crippen LogP contribution in [0.5, 0.6) is 0 Å². The second-order valence-corrected chi connectivity index (χ2v) is 8.02. The smallest absolute Gasteiger partial charge is 0.255 e. The van der Waals surface area contributed by atoms with E-state index in [1.807, 2.05) is 83.8 Å². The molecular formula is C29H20N4O2. The lowest BCUT2D eigenvalue weighted by Crippen LogP contribution is -2.13. The molecule has 1 amide bonds. The van der Waals surface area contributed by atoms with E-state index in [9.17, 15) is 4.79 Å². The number of rotatable bonds is 5. The third-order valence-electron chi connectivity index (χ3n) is 5.84. The number of furan rings is 1. The summed E-state index contributed by atoms with van der Waals surface area (Å²) in [6.07, 6.45) is 3.23. The molecule has 168 valence electrons. The Bertz CT molecular complexity index is 1630. The van der Waals surface area contributed by atoms with E-state index in [4.69, 9.17) is 4.42 Å². The van der Waals surface area contributed by atoms with Crippen molar-refractivity contribution in [1.82, 2.24) is 9.97 Å². The van der Waals surface area contributed by atoms with E-state index in [0.717, 1.165) is 33.3 Å². The highest BCUT2D eigenvalue weighted by atomic mass is 16.3. The van der Waals surface area contributed by atoms with E-state index in [1.54, 1.807) is 18.3 Å². The maximum Gasteiger partial charge on any atom is 0.255 e. The molecule has 2 heterocycles. The van der Waals surface area contributed by atoms with Crippen molar-refractivity contribution in [2.75, 3.05) is 10.2 Å². The number of anilines is 4. The van der Waals surface area contributed by atoms with Crippen LogP contribution in [0, 0.1) is 0 Å². The fourth-order valence-electron chi connectivity index (χ4n) is 4.21. The van der Waals surface area contributed by atoms with Crippen LogP contribution in [0.4, 0.5) is 22.9 Å². The van der Waals surface area contributed by atoms with Crippen LogP contribution in [0.3, 0.4) is 0 Å². The maximum atomic E-state index is 12.6. The van der Waals surface area contributed by atoms with Crippen LogP contribution < -0.4 is 10.2 Å². The van der Waals surface area contributed by atoms with Crippen LogP contribution in [0.15, 0.2) is 120 Å². The number of hydrogen-bond donors (Lipinski definition) is 1. The summed E-state index contributed by atoms with van der Waals surface area (Å²) < 4.78 is 6.29. The molecular weight excluding hydrogens is 436 g/mol. The van der Waals surface area contributed by atoms with Crippen molar-refractivity contribution in [2.45, 2.75) is 0 Å². The highest BCUT2D eigenvalue weighted by Crippen LogP contribution is 2.41. The molecule has 0 atom stereocenters. The molecule has 0 fully saturated rings. The van der Waals surface area contributed by atoms with Gasteiger partial charge in [-0.25, -0.2) is 9.97 Å². The fourth-order valence-corrected chi connectivity index (χ4v) is 4.21. The lowest BCUT2D eigenvalue weighted by Gasteiger charge is -2.24. The minimum absolute atomic E-state index is 0.155. The van der Waals surface area contributed by atoms with Gasteiger partial charge in [0, 0.05) is 33.9 Å². The quantitative estimate of drug-likeness (QED) is 0.300. The summed E-state index contributed by atoms with van der Waals surface area (Å²) in [6.45, 7) is 0. The topological polar surface area (TPSA) is 71.3 Å². The van der Waals surface area contributed by atoms with E-state index in [-0.39, 0.29) is 5.91 Å². The molecule has 2 aromatic heterocycles. The van der Waals surface area contributed by atoms with Crippen molar-refractivity contribution in [2.24, 2.45) is 0 Å². The Balaban J connectivity index is 1.42. The van der Waals surface area contributed by atoms with E-state index in [0.29, 0.717) is 17.1 Å². The van der Waals surface area contributed by atoms with Gasteiger partial charge in [-0.15, -0.1) is 0 Å². The van der Waals surface area contributed by atoms with Crippen LogP contribution >= 0.6 is 0 Å². The predicted octanol–water partition coefficient (Wildman–Crippen LogP) is 7.10. The summed E-state index contributed by atoms with van der Waals surface area (Å²) in [5, 5.41) is 5.04. The number of amides is 1. The minimum atomic E-state index is -0.155. The van der Waals surface area contributed by atoms with Gasteiger partial charge in [-0.3, -0.25) is 9.69 Å². The Morgan fingerprint density at radius 1 is 0.771 bits per heavy atom. The number of para-hydroxylation sites is 2. The number of carbonyl (C=O) groups is 1. The van der Waals surface area contributed by atoms with E-state index < -0.39 is 0 Å². The monoisotopic (exact) mass is 456 g/mol. The Labute approximate surface area is 201 Å². The van der Waals surface area contributed by atoms with Crippen LogP contribution in [-0.2, 0) is 0 Å². The second-order valence-electron chi connectivity index (χ2n) is 8.02. The lowest BCUT2D eigenvalue weighted by atomic mass is 10.1. The molecule has 0 saturated carbocycles. The number of fused-ring (bicyclic) bond motifs is 3. The van der Waals surface area contributed by atoms with Crippen molar-refractivity contribution in [3.63, 3.8) is 0 Å². The van der Waals surface area contributed by atoms with Gasteiger partial charge in [0.1, 0.15) is 17.7 Å². The second kappa shape index (κ2) is 8.76. The molecule has 0 aliphatic carbocycles. The van der Waals surface area contributed by atoms with Gasteiger partial charge in [0.25, 0.3) is 5.91 Å². The van der Waals surface area contributed by atoms with Crippen LogP contribution in [0.1, 0.15) is 10.4 Å². The molecule has 0 unspecified atom stereocenters. The zero-order valence-corrected chi connectivity index (χ0v) is 18.6. The summed E-state index contributed by atoms with van der Waals surface area (Å²) in [5.74, 6) is 0.548. The van der Waals surface area contributed by atoms with E-state index in [2.05, 4.69) is 27.4 Å². The lowest BCUT2D eigenvalue weighted by molar-refractivity contribution is 0.102. The molecule has 6 aromatic rings. The minimum Gasteiger partial charge on any atom is -0.454 e. The summed E-state index contributed by atoms with van der Waals surface area (Å²) in [7, 11) is 0. The van der Waals surface area contributed by atoms with Gasteiger partial charge in [0.15, 0.2) is 5.58 Å². The largest absolute Gasteiger partial charge is 0.454 e. The standard InChI is InChI=1S/C29H20N4O2/c34-29(20-7-2-1-3-8-20)32-21-13-15-22(16-14-21)33(27-17-18-30-19-31-27)25-11-6-10-24-23-9-4-5-12-26(23)35-28(24)25/h1-19H,(H,32,34). The molecule has 6 nitrogen and oxygen atoms in total. The summed E-state index contributed by atoms with van der Waals surface area (Å²) >= 11 is 0. The number of aromatic nitrogens is 2. The van der Waals surface area contributed by atoms with Crippen LogP contribution in [-0.4, -0.2) is 15.9 Å². The Hall–Kier alpha value is -4.97. The molecule has 0 bridgehead atoms. The fraction of sp³-hybridized carbons (Fsp3) is 0. The Morgan fingerprint density at radius 3 is 2.34 bits per heavy atom. The third kappa shape index (κ3) is 3.87. The zero-order valence-electron chi connectivity index (χ0n) is 18.6. The first-order chi connectivity index (χ1) is 17.3. The van der Waals surface area contributed by atoms with Crippen molar-refractivity contribution >= 4 is 50.7 Å². The summed E-state index contributed by atoms with van der Waals surface area (Å²) in [4.78, 5) is 23.2. The molecule has 0 radical (unpaired) electrons. The average molecular weight is 457 g/mol. The molecule has 4 aromatic carbocycles. The van der Waals surface area contributed by atoms with Gasteiger partial charge in [-0.2, -0.15) is 0 Å². The van der Waals surface area contributed by atoms with Crippen LogP contribution in [0.25, 0.3) is 21.9 Å². The first kappa shape index (κ1) is 20.6. The van der Waals surface area contributed by atoms with Crippen molar-refractivity contribution < 1.29 is 9.21 Å². The average Bonchev–Trinajstić information content (AvgIpc) is 3.31. The van der Waals surface area contributed by atoms with Crippen LogP contribution in [0.2, 0.25) is 0 Å². The number of hydrogen-bond acceptors (Lipinski definition) is 5. The zero-order chi connectivity index (χ0) is 23.6. The van der Waals surface area contributed by atoms with E-state index in [1.165, 1.54) is 6.33 Å². The first-order valence-corrected chi connectivity index (χ1v) is 11.2. The number of carbonyl (C=O) groups excluding carboxylic acids is 1. The van der Waals surface area contributed by atoms with Crippen molar-refractivity contribution in [3.8, 4) is 0 Å². The Morgan fingerprint density at radius 2 is 1.54 bits per heavy atom. The van der Waals surface area contributed by atoms with Gasteiger partial charge in [-0.05, 0) is 54.6 Å². The normalized spacial score (nSPS) is 11.0. The predicted molar refractivity (Wildman–Crippen MR) is 138 cm³/mol. The van der Waals surface area contributed by atoms with Crippen molar-refractivity contribution in [3.05, 3.63) is 121 Å². The number of nitrogens with one attached hydrogen (secondary N) is 1. The Kier molecular flexibility index (Phi) is 5.16. The van der Waals surface area contributed by atoms with E-state index >= 15 is 0 Å². The molecule has 0 spiro atoms. The maximum absolute atomic E-state index is 12.6. The summed E-state index contributed by atoms with van der Waals surface area (Å²) in [6, 6.07) is 32.7. The summed E-state index contributed by atoms with van der Waals surface area (Å²) in [5.41, 5.74) is 4.64. The van der Waals surface area contributed by atoms with Gasteiger partial charge in [0.05, 0.1) is 5.69 Å². The molecule has 6 heteroatoms. The molecule has 1 N–H and O–H groups in total. The molecule has 35 heavy (non-hydrogen) atoms. The highest BCUT2D eigenvalue weighted by molar-refractivity contribution is 6.10. The molecule has 0 aliphatic heterocycles. The third-order valence-corrected chi connectivity index (χ3v) is 5.84. The van der Waals surface area contributed by atoms with Gasteiger partial charge < -0.3 is 9.73 Å². The van der Waals surface area contributed by atoms with Gasteiger partial charge in [0.2, 0.25) is 0 Å². The van der Waals surface area contributed by atoms with Gasteiger partial charge >= 0.3 is 0 Å². The molecule has 0 aliphatic rings. The van der Waals surface area contributed by atoms with Gasteiger partial charge in [-0.1, -0.05) is 48.5 Å². The molecule has 0 saturated heterocycles. The molecule has 6 rings (SSSR count). The highest BCUT2D eigenvalue weighted by Gasteiger charge is 2.20. The first-order valence-electron chi connectivity index (χ1n) is 11.2.